The molecule has 1 heterocycles. The second-order valence-electron chi connectivity index (χ2n) is 7.07. The van der Waals surface area contributed by atoms with Crippen molar-refractivity contribution in [3.05, 3.63) is 0 Å². The average Bonchev–Trinajstić information content (AvgIpc) is 2.50. The molecule has 0 spiro atoms. The highest BCUT2D eigenvalue weighted by Gasteiger charge is 2.29. The van der Waals surface area contributed by atoms with Gasteiger partial charge in [-0.2, -0.15) is 0 Å². The van der Waals surface area contributed by atoms with Gasteiger partial charge in [-0.15, -0.1) is 0 Å². The summed E-state index contributed by atoms with van der Waals surface area (Å²) in [5, 5.41) is 2.54. The lowest BCUT2D eigenvalue weighted by Gasteiger charge is -2.27. The Labute approximate surface area is 143 Å². The van der Waals surface area contributed by atoms with Crippen molar-refractivity contribution in [3.63, 3.8) is 0 Å². The van der Waals surface area contributed by atoms with E-state index in [0.717, 1.165) is 12.8 Å². The Kier molecular flexibility index (Phi) is 8.18. The van der Waals surface area contributed by atoms with Crippen molar-refractivity contribution in [1.29, 1.82) is 0 Å². The minimum Gasteiger partial charge on any atom is -0.468 e. The summed E-state index contributed by atoms with van der Waals surface area (Å²) >= 11 is 0. The molecule has 1 amide bonds. The van der Waals surface area contributed by atoms with E-state index in [-0.39, 0.29) is 18.9 Å². The van der Waals surface area contributed by atoms with Crippen LogP contribution in [0.15, 0.2) is 0 Å². The number of amides is 1. The molecule has 1 aliphatic rings. The maximum atomic E-state index is 12.4. The number of methoxy groups -OCH3 is 1. The first-order chi connectivity index (χ1) is 11.2. The fraction of sp³-hybridized carbons (Fsp3) is 0.824. The summed E-state index contributed by atoms with van der Waals surface area (Å²) in [4.78, 5) is 35.7. The van der Waals surface area contributed by atoms with Gasteiger partial charge < -0.3 is 19.5 Å². The number of carbonyl (C=O) groups is 3. The van der Waals surface area contributed by atoms with Crippen molar-refractivity contribution in [2.24, 2.45) is 11.8 Å². The standard InChI is InChI=1S/C17H29NO6/c1-17(2,3)24-14(19)10-13(9-12-5-7-23-8-6-12)16(21)18-11-15(20)22-4/h12-13H,5-11H2,1-4H3,(H,18,21). The lowest BCUT2D eigenvalue weighted by atomic mass is 9.86. The fourth-order valence-corrected chi connectivity index (χ4v) is 2.63. The molecule has 1 atom stereocenters. The summed E-state index contributed by atoms with van der Waals surface area (Å²) in [6.45, 7) is 6.51. The Hall–Kier alpha value is -1.63. The monoisotopic (exact) mass is 343 g/mol. The zero-order chi connectivity index (χ0) is 18.2. The molecule has 0 aromatic carbocycles. The first-order valence-corrected chi connectivity index (χ1v) is 8.35. The van der Waals surface area contributed by atoms with E-state index in [1.54, 1.807) is 20.8 Å². The SMILES string of the molecule is COC(=O)CNC(=O)C(CC(=O)OC(C)(C)C)CC1CCOCC1. The van der Waals surface area contributed by atoms with Gasteiger partial charge in [0.05, 0.1) is 13.5 Å². The van der Waals surface area contributed by atoms with E-state index in [4.69, 9.17) is 9.47 Å². The Morgan fingerprint density at radius 1 is 1.17 bits per heavy atom. The number of ether oxygens (including phenoxy) is 3. The molecular formula is C17H29NO6. The number of nitrogens with one attached hydrogen (secondary N) is 1. The Morgan fingerprint density at radius 2 is 1.79 bits per heavy atom. The van der Waals surface area contributed by atoms with Crippen LogP contribution in [0.1, 0.15) is 46.5 Å². The van der Waals surface area contributed by atoms with Gasteiger partial charge >= 0.3 is 11.9 Å². The van der Waals surface area contributed by atoms with Crippen LogP contribution >= 0.6 is 0 Å². The molecular weight excluding hydrogens is 314 g/mol. The lowest BCUT2D eigenvalue weighted by Crippen LogP contribution is -2.38. The van der Waals surface area contributed by atoms with Crippen molar-refractivity contribution in [1.82, 2.24) is 5.32 Å². The summed E-state index contributed by atoms with van der Waals surface area (Å²) in [5.41, 5.74) is -0.594. The van der Waals surface area contributed by atoms with E-state index in [1.165, 1.54) is 7.11 Å². The highest BCUT2D eigenvalue weighted by atomic mass is 16.6. The highest BCUT2D eigenvalue weighted by Crippen LogP contribution is 2.26. The molecule has 0 aliphatic carbocycles. The van der Waals surface area contributed by atoms with Gasteiger partial charge in [0.2, 0.25) is 5.91 Å². The van der Waals surface area contributed by atoms with Crippen molar-refractivity contribution < 1.29 is 28.6 Å². The fourth-order valence-electron chi connectivity index (χ4n) is 2.63. The predicted octanol–water partition coefficient (Wildman–Crippen LogP) is 1.44. The molecule has 7 nitrogen and oxygen atoms in total. The van der Waals surface area contributed by atoms with E-state index in [9.17, 15) is 14.4 Å². The molecule has 138 valence electrons. The van der Waals surface area contributed by atoms with E-state index in [0.29, 0.717) is 25.6 Å². The van der Waals surface area contributed by atoms with Crippen molar-refractivity contribution in [3.8, 4) is 0 Å². The predicted molar refractivity (Wildman–Crippen MR) is 87.1 cm³/mol. The topological polar surface area (TPSA) is 90.9 Å². The molecule has 0 aromatic rings. The van der Waals surface area contributed by atoms with Crippen molar-refractivity contribution in [2.75, 3.05) is 26.9 Å². The molecule has 1 unspecified atom stereocenters. The third kappa shape index (κ3) is 8.29. The molecule has 1 rings (SSSR count). The van der Waals surface area contributed by atoms with Crippen LogP contribution in [0, 0.1) is 11.8 Å². The largest absolute Gasteiger partial charge is 0.468 e. The van der Waals surface area contributed by atoms with Gasteiger partial charge in [-0.05, 0) is 46.0 Å². The molecule has 7 heteroatoms. The van der Waals surface area contributed by atoms with Crippen LogP contribution in [-0.4, -0.2) is 50.3 Å². The molecule has 0 bridgehead atoms. The number of hydrogen-bond acceptors (Lipinski definition) is 6. The van der Waals surface area contributed by atoms with Gasteiger partial charge in [0.25, 0.3) is 0 Å². The van der Waals surface area contributed by atoms with Crippen LogP contribution in [0.25, 0.3) is 0 Å². The third-order valence-corrected chi connectivity index (χ3v) is 3.80. The van der Waals surface area contributed by atoms with Crippen LogP contribution in [0.4, 0.5) is 0 Å². The summed E-state index contributed by atoms with van der Waals surface area (Å²) < 4.78 is 15.2. The average molecular weight is 343 g/mol. The Morgan fingerprint density at radius 3 is 2.33 bits per heavy atom. The van der Waals surface area contributed by atoms with Gasteiger partial charge in [0.1, 0.15) is 12.1 Å². The van der Waals surface area contributed by atoms with Crippen LogP contribution in [0.2, 0.25) is 0 Å². The first-order valence-electron chi connectivity index (χ1n) is 8.35. The molecule has 1 N–H and O–H groups in total. The van der Waals surface area contributed by atoms with Crippen LogP contribution in [-0.2, 0) is 28.6 Å². The molecule has 0 aromatic heterocycles. The first kappa shape index (κ1) is 20.4. The summed E-state index contributed by atoms with van der Waals surface area (Å²) in [5.74, 6) is -1.45. The zero-order valence-electron chi connectivity index (χ0n) is 15.1. The maximum absolute atomic E-state index is 12.4. The maximum Gasteiger partial charge on any atom is 0.325 e. The zero-order valence-corrected chi connectivity index (χ0v) is 15.1. The minimum atomic E-state index is -0.594. The second kappa shape index (κ2) is 9.61. The van der Waals surface area contributed by atoms with Crippen LogP contribution in [0.3, 0.4) is 0 Å². The van der Waals surface area contributed by atoms with Crippen molar-refractivity contribution >= 4 is 17.8 Å². The van der Waals surface area contributed by atoms with E-state index in [2.05, 4.69) is 10.1 Å². The van der Waals surface area contributed by atoms with Gasteiger partial charge in [0, 0.05) is 19.1 Å². The summed E-state index contributed by atoms with van der Waals surface area (Å²) in [6, 6.07) is 0. The summed E-state index contributed by atoms with van der Waals surface area (Å²) in [7, 11) is 1.26. The molecule has 0 radical (unpaired) electrons. The van der Waals surface area contributed by atoms with E-state index < -0.39 is 23.5 Å². The highest BCUT2D eigenvalue weighted by molar-refractivity contribution is 5.86. The summed E-state index contributed by atoms with van der Waals surface area (Å²) in [6.07, 6.45) is 2.32. The van der Waals surface area contributed by atoms with E-state index in [1.807, 2.05) is 0 Å². The van der Waals surface area contributed by atoms with Gasteiger partial charge in [-0.3, -0.25) is 14.4 Å². The van der Waals surface area contributed by atoms with Gasteiger partial charge in [-0.25, -0.2) is 0 Å². The molecule has 1 saturated heterocycles. The normalized spacial score (nSPS) is 17.0. The van der Waals surface area contributed by atoms with Crippen LogP contribution < -0.4 is 5.32 Å². The van der Waals surface area contributed by atoms with Gasteiger partial charge in [-0.1, -0.05) is 0 Å². The quantitative estimate of drug-likeness (QED) is 0.704. The number of esters is 2. The molecule has 1 fully saturated rings. The smallest absolute Gasteiger partial charge is 0.325 e. The second-order valence-corrected chi connectivity index (χ2v) is 7.07. The van der Waals surface area contributed by atoms with E-state index >= 15 is 0 Å². The third-order valence-electron chi connectivity index (χ3n) is 3.80. The molecule has 1 aliphatic heterocycles. The molecule has 0 saturated carbocycles. The van der Waals surface area contributed by atoms with Crippen LogP contribution in [0.5, 0.6) is 0 Å². The molecule has 24 heavy (non-hydrogen) atoms. The number of hydrogen-bond donors (Lipinski definition) is 1. The van der Waals surface area contributed by atoms with Gasteiger partial charge in [0.15, 0.2) is 0 Å². The Balaban J connectivity index is 2.64. The number of carbonyl (C=O) groups excluding carboxylic acids is 3. The minimum absolute atomic E-state index is 0.00162. The number of rotatable bonds is 7. The van der Waals surface area contributed by atoms with Crippen molar-refractivity contribution in [2.45, 2.75) is 52.1 Å². The Bertz CT molecular complexity index is 437. The lowest BCUT2D eigenvalue weighted by molar-refractivity contribution is -0.157.